The van der Waals surface area contributed by atoms with Gasteiger partial charge in [-0.3, -0.25) is 4.79 Å². The van der Waals surface area contributed by atoms with Gasteiger partial charge < -0.3 is 0 Å². The summed E-state index contributed by atoms with van der Waals surface area (Å²) in [6.45, 7) is 4.20. The summed E-state index contributed by atoms with van der Waals surface area (Å²) in [4.78, 5) is 13.2. The summed E-state index contributed by atoms with van der Waals surface area (Å²) in [5.41, 5.74) is 1.98. The lowest BCUT2D eigenvalue weighted by Gasteiger charge is -2.33. The molecule has 0 spiro atoms. The molecular formula is C22H25NO3S2. The van der Waals surface area contributed by atoms with Crippen LogP contribution in [0.3, 0.4) is 0 Å². The third-order valence-corrected chi connectivity index (χ3v) is 7.21. The molecule has 3 rings (SSSR count). The first kappa shape index (κ1) is 20.8. The SMILES string of the molecule is CC(C)CN(C1CCCC(=S)C1=O)S(=O)(=O)c1ccc(-c2ccccc2)cc1. The topological polar surface area (TPSA) is 54.5 Å². The molecule has 4 nitrogen and oxygen atoms in total. The maximum absolute atomic E-state index is 13.4. The monoisotopic (exact) mass is 415 g/mol. The number of carbonyl (C=O) groups is 1. The second-order valence-electron chi connectivity index (χ2n) is 7.55. The predicted octanol–water partition coefficient (Wildman–Crippen LogP) is 4.49. The Morgan fingerprint density at radius 1 is 1.04 bits per heavy atom. The molecule has 0 aliphatic heterocycles. The number of hydrogen-bond donors (Lipinski definition) is 0. The van der Waals surface area contributed by atoms with E-state index in [2.05, 4.69) is 0 Å². The quantitative estimate of drug-likeness (QED) is 0.652. The number of rotatable bonds is 6. The highest BCUT2D eigenvalue weighted by molar-refractivity contribution is 7.89. The minimum absolute atomic E-state index is 0.0988. The van der Waals surface area contributed by atoms with E-state index >= 15 is 0 Å². The highest BCUT2D eigenvalue weighted by atomic mass is 32.2. The smallest absolute Gasteiger partial charge is 0.243 e. The summed E-state index contributed by atoms with van der Waals surface area (Å²) in [6.07, 6.45) is 1.84. The molecule has 0 amide bonds. The molecule has 6 heteroatoms. The van der Waals surface area contributed by atoms with Crippen molar-refractivity contribution in [3.05, 3.63) is 54.6 Å². The number of sulfonamides is 1. The molecule has 1 unspecified atom stereocenters. The van der Waals surface area contributed by atoms with Gasteiger partial charge in [-0.15, -0.1) is 0 Å². The molecule has 0 aromatic heterocycles. The van der Waals surface area contributed by atoms with Gasteiger partial charge in [0.15, 0.2) is 5.78 Å². The number of benzene rings is 2. The Labute approximate surface area is 172 Å². The van der Waals surface area contributed by atoms with Crippen LogP contribution in [0.15, 0.2) is 59.5 Å². The molecule has 2 aromatic carbocycles. The lowest BCUT2D eigenvalue weighted by molar-refractivity contribution is -0.117. The van der Waals surface area contributed by atoms with Crippen molar-refractivity contribution in [2.75, 3.05) is 6.54 Å². The van der Waals surface area contributed by atoms with Gasteiger partial charge in [-0.2, -0.15) is 4.31 Å². The van der Waals surface area contributed by atoms with Crippen molar-refractivity contribution in [2.24, 2.45) is 5.92 Å². The number of carbonyl (C=O) groups excluding carboxylic acids is 1. The Kier molecular flexibility index (Phi) is 6.43. The summed E-state index contributed by atoms with van der Waals surface area (Å²) in [5.74, 6) is -0.118. The molecule has 1 saturated carbocycles. The van der Waals surface area contributed by atoms with E-state index in [4.69, 9.17) is 12.2 Å². The third kappa shape index (κ3) is 4.40. The van der Waals surface area contributed by atoms with Crippen LogP contribution in [-0.4, -0.2) is 36.0 Å². The summed E-state index contributed by atoms with van der Waals surface area (Å²) in [5, 5.41) is 0. The zero-order chi connectivity index (χ0) is 20.3. The first-order chi connectivity index (χ1) is 13.3. The van der Waals surface area contributed by atoms with E-state index in [0.29, 0.717) is 24.3 Å². The Balaban J connectivity index is 1.95. The van der Waals surface area contributed by atoms with Crippen molar-refractivity contribution in [1.82, 2.24) is 4.31 Å². The van der Waals surface area contributed by atoms with Crippen LogP contribution >= 0.6 is 12.2 Å². The molecule has 1 atom stereocenters. The highest BCUT2D eigenvalue weighted by Crippen LogP contribution is 2.28. The van der Waals surface area contributed by atoms with Gasteiger partial charge in [-0.25, -0.2) is 8.42 Å². The van der Waals surface area contributed by atoms with E-state index in [1.807, 2.05) is 56.3 Å². The second kappa shape index (κ2) is 8.64. The van der Waals surface area contributed by atoms with Gasteiger partial charge in [0.25, 0.3) is 0 Å². The molecule has 0 saturated heterocycles. The lowest BCUT2D eigenvalue weighted by Crippen LogP contribution is -2.50. The van der Waals surface area contributed by atoms with Gasteiger partial charge in [0.2, 0.25) is 10.0 Å². The van der Waals surface area contributed by atoms with Gasteiger partial charge in [0.05, 0.1) is 15.8 Å². The second-order valence-corrected chi connectivity index (χ2v) is 9.94. The Bertz CT molecular complexity index is 951. The molecule has 1 fully saturated rings. The molecule has 0 heterocycles. The van der Waals surface area contributed by atoms with Crippen LogP contribution < -0.4 is 0 Å². The van der Waals surface area contributed by atoms with E-state index < -0.39 is 16.1 Å². The molecule has 0 radical (unpaired) electrons. The van der Waals surface area contributed by atoms with Crippen molar-refractivity contribution in [2.45, 2.75) is 44.0 Å². The van der Waals surface area contributed by atoms with E-state index in [-0.39, 0.29) is 16.6 Å². The van der Waals surface area contributed by atoms with Crippen LogP contribution in [0.4, 0.5) is 0 Å². The first-order valence-corrected chi connectivity index (χ1v) is 11.4. The van der Waals surface area contributed by atoms with Crippen molar-refractivity contribution in [3.63, 3.8) is 0 Å². The van der Waals surface area contributed by atoms with Crippen LogP contribution in [-0.2, 0) is 14.8 Å². The fourth-order valence-electron chi connectivity index (χ4n) is 3.51. The molecule has 0 bridgehead atoms. The van der Waals surface area contributed by atoms with Gasteiger partial charge in [-0.05, 0) is 48.4 Å². The van der Waals surface area contributed by atoms with E-state index in [1.165, 1.54) is 4.31 Å². The van der Waals surface area contributed by atoms with Crippen molar-refractivity contribution in [1.29, 1.82) is 0 Å². The fourth-order valence-corrected chi connectivity index (χ4v) is 5.57. The van der Waals surface area contributed by atoms with Crippen LogP contribution in [0.2, 0.25) is 0 Å². The van der Waals surface area contributed by atoms with E-state index in [9.17, 15) is 13.2 Å². The van der Waals surface area contributed by atoms with E-state index in [1.54, 1.807) is 12.1 Å². The number of ketones is 1. The average molecular weight is 416 g/mol. The minimum atomic E-state index is -3.80. The number of Topliss-reactive ketones (excluding diaryl/α,β-unsaturated/α-hetero) is 1. The lowest BCUT2D eigenvalue weighted by atomic mass is 9.93. The molecular weight excluding hydrogens is 390 g/mol. The third-order valence-electron chi connectivity index (χ3n) is 4.92. The van der Waals surface area contributed by atoms with Crippen LogP contribution in [0.5, 0.6) is 0 Å². The highest BCUT2D eigenvalue weighted by Gasteiger charge is 2.39. The van der Waals surface area contributed by atoms with Crippen molar-refractivity contribution in [3.8, 4) is 11.1 Å². The summed E-state index contributed by atoms with van der Waals surface area (Å²) >= 11 is 5.18. The molecule has 1 aliphatic rings. The van der Waals surface area contributed by atoms with Crippen molar-refractivity contribution < 1.29 is 13.2 Å². The Morgan fingerprint density at radius 2 is 1.64 bits per heavy atom. The van der Waals surface area contributed by atoms with Crippen LogP contribution in [0.25, 0.3) is 11.1 Å². The molecule has 2 aromatic rings. The Morgan fingerprint density at radius 3 is 2.25 bits per heavy atom. The van der Waals surface area contributed by atoms with Crippen molar-refractivity contribution >= 4 is 32.9 Å². The first-order valence-electron chi connectivity index (χ1n) is 9.55. The summed E-state index contributed by atoms with van der Waals surface area (Å²) in [6, 6.07) is 16.0. The summed E-state index contributed by atoms with van der Waals surface area (Å²) < 4.78 is 28.2. The van der Waals surface area contributed by atoms with Crippen LogP contribution in [0, 0.1) is 5.92 Å². The Hall–Kier alpha value is -1.89. The maximum atomic E-state index is 13.4. The number of nitrogens with zero attached hydrogens (tertiary/aromatic N) is 1. The zero-order valence-electron chi connectivity index (χ0n) is 16.2. The summed E-state index contributed by atoms with van der Waals surface area (Å²) in [7, 11) is -3.80. The normalized spacial score (nSPS) is 18.1. The largest absolute Gasteiger partial charge is 0.292 e. The van der Waals surface area contributed by atoms with E-state index in [0.717, 1.165) is 17.5 Å². The van der Waals surface area contributed by atoms with Gasteiger partial charge in [0, 0.05) is 6.54 Å². The molecule has 0 N–H and O–H groups in total. The number of hydrogen-bond acceptors (Lipinski definition) is 4. The molecule has 1 aliphatic carbocycles. The maximum Gasteiger partial charge on any atom is 0.243 e. The number of thiocarbonyl (C=S) groups is 1. The van der Waals surface area contributed by atoms with Gasteiger partial charge >= 0.3 is 0 Å². The minimum Gasteiger partial charge on any atom is -0.292 e. The van der Waals surface area contributed by atoms with Crippen LogP contribution in [0.1, 0.15) is 33.1 Å². The molecule has 148 valence electrons. The standard InChI is InChI=1S/C22H25NO3S2/c1-16(2)15-23(20-9-6-10-21(27)22(20)24)28(25,26)19-13-11-18(12-14-19)17-7-4-3-5-8-17/h3-5,7-8,11-14,16,20H,6,9-10,15H2,1-2H3. The fraction of sp³-hybridized carbons (Fsp3) is 0.364. The van der Waals surface area contributed by atoms with Gasteiger partial charge in [0.1, 0.15) is 0 Å². The predicted molar refractivity (Wildman–Crippen MR) is 116 cm³/mol. The zero-order valence-corrected chi connectivity index (χ0v) is 17.8. The molecule has 28 heavy (non-hydrogen) atoms. The van der Waals surface area contributed by atoms with Gasteiger partial charge in [-0.1, -0.05) is 68.5 Å². The average Bonchev–Trinajstić information content (AvgIpc) is 2.69.